The highest BCUT2D eigenvalue weighted by Gasteiger charge is 2.35. The summed E-state index contributed by atoms with van der Waals surface area (Å²) < 4.78 is 0. The Labute approximate surface area is 106 Å². The zero-order valence-electron chi connectivity index (χ0n) is 12.2. The van der Waals surface area contributed by atoms with Crippen LogP contribution in [0.4, 0.5) is 0 Å². The minimum atomic E-state index is -0.272. The third kappa shape index (κ3) is 3.98. The lowest BCUT2D eigenvalue weighted by Crippen LogP contribution is -2.59. The summed E-state index contributed by atoms with van der Waals surface area (Å²) in [4.78, 5) is 14.6. The van der Waals surface area contributed by atoms with E-state index in [9.17, 15) is 4.79 Å². The van der Waals surface area contributed by atoms with Gasteiger partial charge in [0.1, 0.15) is 0 Å². The predicted molar refractivity (Wildman–Crippen MR) is 71.9 cm³/mol. The van der Waals surface area contributed by atoms with Gasteiger partial charge in [0, 0.05) is 30.6 Å². The maximum absolute atomic E-state index is 12.5. The van der Waals surface area contributed by atoms with Gasteiger partial charge >= 0.3 is 0 Å². The van der Waals surface area contributed by atoms with Crippen molar-refractivity contribution >= 4 is 5.91 Å². The second-order valence-electron chi connectivity index (χ2n) is 6.80. The van der Waals surface area contributed by atoms with Crippen molar-refractivity contribution in [1.82, 2.24) is 10.2 Å². The molecule has 1 fully saturated rings. The third-order valence-electron chi connectivity index (χ3n) is 3.26. The second-order valence-corrected chi connectivity index (χ2v) is 6.80. The van der Waals surface area contributed by atoms with Crippen LogP contribution in [0.1, 0.15) is 48.0 Å². The molecule has 0 spiro atoms. The van der Waals surface area contributed by atoms with Crippen LogP contribution in [0.25, 0.3) is 0 Å². The van der Waals surface area contributed by atoms with E-state index in [-0.39, 0.29) is 11.3 Å². The third-order valence-corrected chi connectivity index (χ3v) is 3.26. The summed E-state index contributed by atoms with van der Waals surface area (Å²) in [5.74, 6) is 0.918. The van der Waals surface area contributed by atoms with Gasteiger partial charge in [0.15, 0.2) is 0 Å². The van der Waals surface area contributed by atoms with Crippen LogP contribution in [0.2, 0.25) is 0 Å². The Morgan fingerprint density at radius 3 is 2.47 bits per heavy atom. The molecule has 1 rings (SSSR count). The summed E-state index contributed by atoms with van der Waals surface area (Å²) in [6.07, 6.45) is 1.08. The number of carbonyl (C=O) groups excluding carboxylic acids is 1. The quantitative estimate of drug-likeness (QED) is 0.803. The van der Waals surface area contributed by atoms with Gasteiger partial charge in [0.2, 0.25) is 5.91 Å². The van der Waals surface area contributed by atoms with Gasteiger partial charge in [-0.3, -0.25) is 4.79 Å². The summed E-state index contributed by atoms with van der Waals surface area (Å²) in [6.45, 7) is 14.4. The second kappa shape index (κ2) is 5.38. The van der Waals surface area contributed by atoms with Crippen LogP contribution >= 0.6 is 0 Å². The first-order valence-corrected chi connectivity index (χ1v) is 6.76. The average molecular weight is 240 g/mol. The number of rotatable bonds is 2. The van der Waals surface area contributed by atoms with Gasteiger partial charge in [-0.15, -0.1) is 0 Å². The van der Waals surface area contributed by atoms with Gasteiger partial charge < -0.3 is 10.2 Å². The SMILES string of the molecule is CC(C)CC1CNC(C)CN1C(=O)C(C)(C)C. The molecule has 100 valence electrons. The maximum atomic E-state index is 12.5. The molecule has 1 saturated heterocycles. The Morgan fingerprint density at radius 1 is 1.41 bits per heavy atom. The molecule has 0 bridgehead atoms. The molecule has 2 unspecified atom stereocenters. The fraction of sp³-hybridized carbons (Fsp3) is 0.929. The molecule has 1 amide bonds. The molecule has 0 aromatic carbocycles. The van der Waals surface area contributed by atoms with Crippen LogP contribution in [-0.2, 0) is 4.79 Å². The van der Waals surface area contributed by atoms with Crippen molar-refractivity contribution in [2.24, 2.45) is 11.3 Å². The molecular weight excluding hydrogens is 212 g/mol. The van der Waals surface area contributed by atoms with Crippen LogP contribution < -0.4 is 5.32 Å². The molecule has 0 aliphatic carbocycles. The number of piperazine rings is 1. The lowest BCUT2D eigenvalue weighted by molar-refractivity contribution is -0.143. The number of carbonyl (C=O) groups is 1. The molecule has 1 aliphatic heterocycles. The van der Waals surface area contributed by atoms with Crippen molar-refractivity contribution in [2.75, 3.05) is 13.1 Å². The van der Waals surface area contributed by atoms with Crippen LogP contribution in [-0.4, -0.2) is 36.0 Å². The fourth-order valence-electron chi connectivity index (χ4n) is 2.39. The summed E-state index contributed by atoms with van der Waals surface area (Å²) in [6, 6.07) is 0.766. The van der Waals surface area contributed by atoms with Crippen molar-refractivity contribution in [3.63, 3.8) is 0 Å². The molecule has 0 aromatic rings. The van der Waals surface area contributed by atoms with E-state index in [4.69, 9.17) is 0 Å². The van der Waals surface area contributed by atoms with Crippen LogP contribution in [0.15, 0.2) is 0 Å². The number of hydrogen-bond acceptors (Lipinski definition) is 2. The van der Waals surface area contributed by atoms with E-state index in [0.29, 0.717) is 18.0 Å². The normalized spacial score (nSPS) is 26.4. The van der Waals surface area contributed by atoms with Crippen molar-refractivity contribution < 1.29 is 4.79 Å². The molecule has 3 heteroatoms. The zero-order chi connectivity index (χ0) is 13.2. The molecule has 0 saturated carbocycles. The monoisotopic (exact) mass is 240 g/mol. The highest BCUT2D eigenvalue weighted by atomic mass is 16.2. The first-order valence-electron chi connectivity index (χ1n) is 6.76. The minimum Gasteiger partial charge on any atom is -0.336 e. The molecule has 3 nitrogen and oxygen atoms in total. The fourth-order valence-corrected chi connectivity index (χ4v) is 2.39. The van der Waals surface area contributed by atoms with E-state index in [1.165, 1.54) is 0 Å². The van der Waals surface area contributed by atoms with E-state index < -0.39 is 0 Å². The lowest BCUT2D eigenvalue weighted by Gasteiger charge is -2.43. The summed E-state index contributed by atoms with van der Waals surface area (Å²) in [5.41, 5.74) is -0.272. The Hall–Kier alpha value is -0.570. The van der Waals surface area contributed by atoms with Crippen molar-refractivity contribution in [1.29, 1.82) is 0 Å². The number of amides is 1. The van der Waals surface area contributed by atoms with Gasteiger partial charge in [-0.1, -0.05) is 34.6 Å². The predicted octanol–water partition coefficient (Wildman–Crippen LogP) is 2.27. The van der Waals surface area contributed by atoms with Crippen molar-refractivity contribution in [3.8, 4) is 0 Å². The molecular formula is C14H28N2O. The zero-order valence-corrected chi connectivity index (χ0v) is 12.2. The standard InChI is InChI=1S/C14H28N2O/c1-10(2)7-12-8-15-11(3)9-16(12)13(17)14(4,5)6/h10-12,15H,7-9H2,1-6H3. The lowest BCUT2D eigenvalue weighted by atomic mass is 9.91. The first-order chi connectivity index (χ1) is 7.71. The molecule has 2 atom stereocenters. The Balaban J connectivity index is 2.78. The van der Waals surface area contributed by atoms with Gasteiger partial charge in [0.25, 0.3) is 0 Å². The first kappa shape index (κ1) is 14.5. The topological polar surface area (TPSA) is 32.3 Å². The molecule has 1 N–H and O–H groups in total. The van der Waals surface area contributed by atoms with E-state index in [2.05, 4.69) is 31.0 Å². The van der Waals surface area contributed by atoms with Gasteiger partial charge in [0.05, 0.1) is 0 Å². The summed E-state index contributed by atoms with van der Waals surface area (Å²) in [7, 11) is 0. The Kier molecular flexibility index (Phi) is 4.59. The van der Waals surface area contributed by atoms with Crippen molar-refractivity contribution in [3.05, 3.63) is 0 Å². The molecule has 0 aromatic heterocycles. The highest BCUT2D eigenvalue weighted by molar-refractivity contribution is 5.82. The summed E-state index contributed by atoms with van der Waals surface area (Å²) in [5, 5.41) is 3.48. The maximum Gasteiger partial charge on any atom is 0.228 e. The number of nitrogens with one attached hydrogen (secondary N) is 1. The molecule has 1 aliphatic rings. The summed E-state index contributed by atoms with van der Waals surface area (Å²) >= 11 is 0. The van der Waals surface area contributed by atoms with Crippen LogP contribution in [0, 0.1) is 11.3 Å². The van der Waals surface area contributed by atoms with Crippen molar-refractivity contribution in [2.45, 2.75) is 60.0 Å². The van der Waals surface area contributed by atoms with E-state index in [0.717, 1.165) is 19.5 Å². The van der Waals surface area contributed by atoms with E-state index in [1.807, 2.05) is 20.8 Å². The number of nitrogens with zero attached hydrogens (tertiary/aromatic N) is 1. The van der Waals surface area contributed by atoms with Gasteiger partial charge in [-0.25, -0.2) is 0 Å². The molecule has 1 heterocycles. The molecule has 0 radical (unpaired) electrons. The van der Waals surface area contributed by atoms with Gasteiger partial charge in [-0.05, 0) is 19.3 Å². The minimum absolute atomic E-state index is 0.272. The van der Waals surface area contributed by atoms with E-state index >= 15 is 0 Å². The van der Waals surface area contributed by atoms with Crippen LogP contribution in [0.5, 0.6) is 0 Å². The number of hydrogen-bond donors (Lipinski definition) is 1. The average Bonchev–Trinajstić information content (AvgIpc) is 2.17. The van der Waals surface area contributed by atoms with Crippen LogP contribution in [0.3, 0.4) is 0 Å². The Bertz CT molecular complexity index is 268. The highest BCUT2D eigenvalue weighted by Crippen LogP contribution is 2.23. The van der Waals surface area contributed by atoms with Gasteiger partial charge in [-0.2, -0.15) is 0 Å². The smallest absolute Gasteiger partial charge is 0.228 e. The molecule has 17 heavy (non-hydrogen) atoms. The Morgan fingerprint density at radius 2 is 2.00 bits per heavy atom. The largest absolute Gasteiger partial charge is 0.336 e. The van der Waals surface area contributed by atoms with E-state index in [1.54, 1.807) is 0 Å².